The van der Waals surface area contributed by atoms with Crippen molar-refractivity contribution >= 4 is 11.7 Å². The quantitative estimate of drug-likeness (QED) is 0.731. The lowest BCUT2D eigenvalue weighted by molar-refractivity contribution is -0.130. The van der Waals surface area contributed by atoms with Crippen LogP contribution in [0.15, 0.2) is 37.1 Å². The molecule has 0 aliphatic carbocycles. The lowest BCUT2D eigenvalue weighted by atomic mass is 9.93. The number of hydrogen-bond donors (Lipinski definition) is 0. The summed E-state index contributed by atoms with van der Waals surface area (Å²) in [6.07, 6.45) is 12.0. The van der Waals surface area contributed by atoms with Crippen molar-refractivity contribution in [2.45, 2.75) is 26.2 Å². The molecule has 1 amide bonds. The molecule has 1 aliphatic rings. The highest BCUT2D eigenvalue weighted by molar-refractivity contribution is 5.73. The van der Waals surface area contributed by atoms with E-state index in [0.717, 1.165) is 49.4 Å². The van der Waals surface area contributed by atoms with Crippen LogP contribution in [-0.4, -0.2) is 48.2 Å². The smallest absolute Gasteiger partial charge is 0.234 e. The fourth-order valence-corrected chi connectivity index (χ4v) is 3.46. The maximum absolute atomic E-state index is 11.6. The molecule has 0 saturated carbocycles. The van der Waals surface area contributed by atoms with Gasteiger partial charge < -0.3 is 4.90 Å². The molecule has 0 radical (unpaired) electrons. The van der Waals surface area contributed by atoms with E-state index >= 15 is 0 Å². The fourth-order valence-electron chi connectivity index (χ4n) is 3.46. The molecule has 1 atom stereocenters. The predicted molar refractivity (Wildman–Crippen MR) is 92.7 cm³/mol. The molecule has 3 aromatic heterocycles. The molecule has 1 unspecified atom stereocenters. The van der Waals surface area contributed by atoms with E-state index in [2.05, 4.69) is 15.0 Å². The zero-order valence-corrected chi connectivity index (χ0v) is 14.2. The first-order valence-electron chi connectivity index (χ1n) is 8.55. The molecule has 7 nitrogen and oxygen atoms in total. The van der Waals surface area contributed by atoms with E-state index in [-0.39, 0.29) is 5.91 Å². The van der Waals surface area contributed by atoms with Crippen LogP contribution in [-0.2, 0) is 11.2 Å². The number of likely N-dealkylation sites (tertiary alicyclic amines) is 1. The van der Waals surface area contributed by atoms with Crippen molar-refractivity contribution in [3.63, 3.8) is 0 Å². The summed E-state index contributed by atoms with van der Waals surface area (Å²) in [6.45, 7) is 3.31. The summed E-state index contributed by atoms with van der Waals surface area (Å²) in [6, 6.07) is 1.87. The number of nitrogens with zero attached hydrogens (tertiary/aromatic N) is 6. The Morgan fingerprint density at radius 2 is 2.20 bits per heavy atom. The molecule has 1 aliphatic heterocycles. The van der Waals surface area contributed by atoms with Gasteiger partial charge in [-0.25, -0.2) is 15.0 Å². The molecule has 0 spiro atoms. The van der Waals surface area contributed by atoms with Gasteiger partial charge in [-0.3, -0.25) is 14.2 Å². The van der Waals surface area contributed by atoms with Gasteiger partial charge in [0.05, 0.1) is 23.8 Å². The summed E-state index contributed by atoms with van der Waals surface area (Å²) in [5.74, 6) is 1.24. The van der Waals surface area contributed by atoms with Gasteiger partial charge >= 0.3 is 0 Å². The summed E-state index contributed by atoms with van der Waals surface area (Å²) >= 11 is 0. The lowest BCUT2D eigenvalue weighted by Crippen LogP contribution is -2.39. The largest absolute Gasteiger partial charge is 0.343 e. The Kier molecular flexibility index (Phi) is 4.13. The standard InChI is InChI=1S/C18H20N6O/c1-13(25)23-6-2-4-14(12-23)8-15-9-19-10-16(22-15)17-11-21-18-20-5-3-7-24(17)18/h3,5,7,9-11,14H,2,4,6,8,12H2,1H3. The molecular formula is C18H20N6O. The first-order chi connectivity index (χ1) is 12.2. The topological polar surface area (TPSA) is 76.3 Å². The van der Waals surface area contributed by atoms with E-state index in [0.29, 0.717) is 11.7 Å². The Morgan fingerprint density at radius 3 is 3.08 bits per heavy atom. The summed E-state index contributed by atoms with van der Waals surface area (Å²) in [4.78, 5) is 31.2. The zero-order chi connectivity index (χ0) is 17.2. The van der Waals surface area contributed by atoms with E-state index in [1.54, 1.807) is 25.5 Å². The molecule has 3 aromatic rings. The molecular weight excluding hydrogens is 316 g/mol. The van der Waals surface area contributed by atoms with Gasteiger partial charge in [-0.2, -0.15) is 0 Å². The Morgan fingerprint density at radius 1 is 1.28 bits per heavy atom. The summed E-state index contributed by atoms with van der Waals surface area (Å²) in [7, 11) is 0. The summed E-state index contributed by atoms with van der Waals surface area (Å²) in [5.41, 5.74) is 2.62. The van der Waals surface area contributed by atoms with E-state index in [1.807, 2.05) is 27.8 Å². The van der Waals surface area contributed by atoms with Crippen LogP contribution >= 0.6 is 0 Å². The number of hydrogen-bond acceptors (Lipinski definition) is 5. The number of imidazole rings is 1. The van der Waals surface area contributed by atoms with Crippen molar-refractivity contribution in [3.05, 3.63) is 42.7 Å². The van der Waals surface area contributed by atoms with Crippen LogP contribution in [0.25, 0.3) is 17.2 Å². The highest BCUT2D eigenvalue weighted by atomic mass is 16.2. The third kappa shape index (κ3) is 3.22. The van der Waals surface area contributed by atoms with Crippen LogP contribution in [0.1, 0.15) is 25.5 Å². The van der Waals surface area contributed by atoms with Gasteiger partial charge in [0.2, 0.25) is 11.7 Å². The maximum Gasteiger partial charge on any atom is 0.234 e. The first-order valence-corrected chi connectivity index (χ1v) is 8.55. The highest BCUT2D eigenvalue weighted by Gasteiger charge is 2.22. The number of fused-ring (bicyclic) bond motifs is 1. The second-order valence-corrected chi connectivity index (χ2v) is 6.51. The second kappa shape index (κ2) is 6.58. The van der Waals surface area contributed by atoms with Crippen molar-refractivity contribution < 1.29 is 4.79 Å². The third-order valence-electron chi connectivity index (χ3n) is 4.70. The number of carbonyl (C=O) groups is 1. The fraction of sp³-hybridized carbons (Fsp3) is 0.389. The molecule has 0 bridgehead atoms. The van der Waals surface area contributed by atoms with Crippen LogP contribution in [0.5, 0.6) is 0 Å². The van der Waals surface area contributed by atoms with Crippen LogP contribution in [0.4, 0.5) is 0 Å². The summed E-state index contributed by atoms with van der Waals surface area (Å²) in [5, 5.41) is 0. The number of aromatic nitrogens is 5. The third-order valence-corrected chi connectivity index (χ3v) is 4.70. The van der Waals surface area contributed by atoms with Gasteiger partial charge in [0.25, 0.3) is 0 Å². The van der Waals surface area contributed by atoms with Gasteiger partial charge in [0.1, 0.15) is 5.69 Å². The lowest BCUT2D eigenvalue weighted by Gasteiger charge is -2.31. The van der Waals surface area contributed by atoms with Gasteiger partial charge in [-0.15, -0.1) is 0 Å². The Labute approximate surface area is 145 Å². The molecule has 1 saturated heterocycles. The monoisotopic (exact) mass is 336 g/mol. The minimum absolute atomic E-state index is 0.155. The van der Waals surface area contributed by atoms with Crippen LogP contribution in [0.3, 0.4) is 0 Å². The first kappa shape index (κ1) is 15.7. The van der Waals surface area contributed by atoms with E-state index in [4.69, 9.17) is 4.98 Å². The molecule has 0 aromatic carbocycles. The number of rotatable bonds is 3. The number of carbonyl (C=O) groups excluding carboxylic acids is 1. The van der Waals surface area contributed by atoms with Crippen molar-refractivity contribution in [2.75, 3.05) is 13.1 Å². The van der Waals surface area contributed by atoms with Gasteiger partial charge in [-0.1, -0.05) is 0 Å². The highest BCUT2D eigenvalue weighted by Crippen LogP contribution is 2.22. The number of piperidine rings is 1. The second-order valence-electron chi connectivity index (χ2n) is 6.51. The molecule has 1 fully saturated rings. The Balaban J connectivity index is 1.56. The molecule has 4 heterocycles. The van der Waals surface area contributed by atoms with Crippen molar-refractivity contribution in [1.29, 1.82) is 0 Å². The van der Waals surface area contributed by atoms with Gasteiger partial charge in [0, 0.05) is 38.6 Å². The number of amides is 1. The van der Waals surface area contributed by atoms with Crippen molar-refractivity contribution in [2.24, 2.45) is 5.92 Å². The summed E-state index contributed by atoms with van der Waals surface area (Å²) < 4.78 is 1.91. The zero-order valence-electron chi connectivity index (χ0n) is 14.2. The van der Waals surface area contributed by atoms with E-state index < -0.39 is 0 Å². The molecule has 128 valence electrons. The van der Waals surface area contributed by atoms with Crippen LogP contribution < -0.4 is 0 Å². The molecule has 25 heavy (non-hydrogen) atoms. The van der Waals surface area contributed by atoms with E-state index in [1.165, 1.54) is 0 Å². The normalized spacial score (nSPS) is 17.8. The molecule has 0 N–H and O–H groups in total. The van der Waals surface area contributed by atoms with Gasteiger partial charge in [0.15, 0.2) is 0 Å². The van der Waals surface area contributed by atoms with Gasteiger partial charge in [-0.05, 0) is 31.2 Å². The average molecular weight is 336 g/mol. The Hall–Kier alpha value is -2.83. The minimum atomic E-state index is 0.155. The van der Waals surface area contributed by atoms with Crippen molar-refractivity contribution in [3.8, 4) is 11.4 Å². The average Bonchev–Trinajstić information content (AvgIpc) is 3.06. The Bertz CT molecular complexity index is 905. The maximum atomic E-state index is 11.6. The van der Waals surface area contributed by atoms with Crippen molar-refractivity contribution in [1.82, 2.24) is 29.2 Å². The molecule has 7 heteroatoms. The molecule has 4 rings (SSSR count). The van der Waals surface area contributed by atoms with E-state index in [9.17, 15) is 4.79 Å². The predicted octanol–water partition coefficient (Wildman–Crippen LogP) is 1.99. The van der Waals surface area contributed by atoms with Crippen LogP contribution in [0.2, 0.25) is 0 Å². The minimum Gasteiger partial charge on any atom is -0.343 e. The van der Waals surface area contributed by atoms with Crippen LogP contribution in [0, 0.1) is 5.92 Å². The SMILES string of the molecule is CC(=O)N1CCCC(Cc2cncc(-c3cnc4ncccn34)n2)C1.